The molecule has 0 aliphatic carbocycles. The minimum Gasteiger partial charge on any atom is -0.349 e. The van der Waals surface area contributed by atoms with Crippen LogP contribution in [0.4, 0.5) is 5.69 Å². The highest BCUT2D eigenvalue weighted by atomic mass is 79.9. The number of nitro benzene ring substituents is 1. The molecule has 1 atom stereocenters. The van der Waals surface area contributed by atoms with E-state index in [-0.39, 0.29) is 17.2 Å². The van der Waals surface area contributed by atoms with Crippen molar-refractivity contribution in [3.63, 3.8) is 0 Å². The van der Waals surface area contributed by atoms with E-state index in [1.165, 1.54) is 35.6 Å². The molecule has 2 N–H and O–H groups in total. The summed E-state index contributed by atoms with van der Waals surface area (Å²) in [7, 11) is 0. The van der Waals surface area contributed by atoms with Crippen molar-refractivity contribution in [2.24, 2.45) is 0 Å². The van der Waals surface area contributed by atoms with Gasteiger partial charge in [0.25, 0.3) is 11.6 Å². The average Bonchev–Trinajstić information content (AvgIpc) is 2.98. The van der Waals surface area contributed by atoms with Crippen molar-refractivity contribution in [1.82, 2.24) is 10.6 Å². The van der Waals surface area contributed by atoms with Crippen LogP contribution in [0.2, 0.25) is 0 Å². The van der Waals surface area contributed by atoms with Crippen LogP contribution in [-0.4, -0.2) is 22.8 Å². The largest absolute Gasteiger partial charge is 0.349 e. The first-order chi connectivity index (χ1) is 11.4. The van der Waals surface area contributed by atoms with E-state index >= 15 is 0 Å². The van der Waals surface area contributed by atoms with E-state index in [2.05, 4.69) is 26.6 Å². The summed E-state index contributed by atoms with van der Waals surface area (Å²) in [6.07, 6.45) is 0. The Morgan fingerprint density at radius 1 is 1.33 bits per heavy atom. The zero-order valence-corrected chi connectivity index (χ0v) is 15.0. The van der Waals surface area contributed by atoms with E-state index in [1.54, 1.807) is 6.92 Å². The van der Waals surface area contributed by atoms with Gasteiger partial charge in [-0.1, -0.05) is 6.07 Å². The lowest BCUT2D eigenvalue weighted by atomic mass is 10.1. The van der Waals surface area contributed by atoms with E-state index in [0.717, 1.165) is 8.66 Å². The number of hydrogen-bond donors (Lipinski definition) is 2. The molecule has 1 heterocycles. The average molecular weight is 412 g/mol. The first kappa shape index (κ1) is 18.1. The molecule has 0 fully saturated rings. The number of rotatable bonds is 6. The topological polar surface area (TPSA) is 101 Å². The third-order valence-corrected chi connectivity index (χ3v) is 4.75. The lowest BCUT2D eigenvalue weighted by molar-refractivity contribution is -0.384. The van der Waals surface area contributed by atoms with Crippen molar-refractivity contribution < 1.29 is 14.5 Å². The zero-order chi connectivity index (χ0) is 17.7. The number of carbonyl (C=O) groups is 2. The Morgan fingerprint density at radius 3 is 2.71 bits per heavy atom. The van der Waals surface area contributed by atoms with E-state index in [1.807, 2.05) is 12.1 Å². The number of thiophene rings is 1. The van der Waals surface area contributed by atoms with Crippen LogP contribution in [0.15, 0.2) is 40.2 Å². The molecular formula is C15H14BrN3O4S. The Hall–Kier alpha value is -2.26. The van der Waals surface area contributed by atoms with Gasteiger partial charge in [0.15, 0.2) is 0 Å². The highest BCUT2D eigenvalue weighted by Crippen LogP contribution is 2.21. The normalized spacial score (nSPS) is 11.6. The van der Waals surface area contributed by atoms with E-state index in [9.17, 15) is 19.7 Å². The Kier molecular flexibility index (Phi) is 6.04. The number of amides is 2. The van der Waals surface area contributed by atoms with Crippen LogP contribution >= 0.6 is 27.3 Å². The van der Waals surface area contributed by atoms with Gasteiger partial charge in [-0.15, -0.1) is 11.3 Å². The molecule has 0 aliphatic rings. The predicted octanol–water partition coefficient (Wildman–Crippen LogP) is 2.85. The molecule has 126 valence electrons. The summed E-state index contributed by atoms with van der Waals surface area (Å²) in [5.74, 6) is -0.876. The van der Waals surface area contributed by atoms with E-state index < -0.39 is 16.9 Å². The fourth-order valence-corrected chi connectivity index (χ4v) is 3.30. The van der Waals surface area contributed by atoms with Crippen molar-refractivity contribution in [1.29, 1.82) is 0 Å². The summed E-state index contributed by atoms with van der Waals surface area (Å²) in [5, 5.41) is 16.0. The van der Waals surface area contributed by atoms with Crippen LogP contribution in [0.5, 0.6) is 0 Å². The van der Waals surface area contributed by atoms with Crippen molar-refractivity contribution >= 4 is 44.8 Å². The number of halogens is 1. The van der Waals surface area contributed by atoms with Crippen molar-refractivity contribution in [3.8, 4) is 0 Å². The standard InChI is InChI=1S/C15H14BrN3O4S/c1-9(14(20)17-8-12-5-6-13(16)24-12)18-15(21)10-3-2-4-11(7-10)19(22)23/h2-7,9H,8H2,1H3,(H,17,20)(H,18,21). The molecular weight excluding hydrogens is 398 g/mol. The fraction of sp³-hybridized carbons (Fsp3) is 0.200. The van der Waals surface area contributed by atoms with Crippen LogP contribution in [0, 0.1) is 10.1 Å². The number of nitro groups is 1. The van der Waals surface area contributed by atoms with Crippen LogP contribution < -0.4 is 10.6 Å². The molecule has 7 nitrogen and oxygen atoms in total. The van der Waals surface area contributed by atoms with Crippen LogP contribution in [0.1, 0.15) is 22.2 Å². The molecule has 0 spiro atoms. The summed E-state index contributed by atoms with van der Waals surface area (Å²) in [5.41, 5.74) is -0.0472. The lowest BCUT2D eigenvalue weighted by Gasteiger charge is -2.13. The second-order valence-corrected chi connectivity index (χ2v) is 7.47. The molecule has 9 heteroatoms. The summed E-state index contributed by atoms with van der Waals surface area (Å²) < 4.78 is 0.971. The van der Waals surface area contributed by atoms with Gasteiger partial charge in [-0.05, 0) is 41.1 Å². The molecule has 0 radical (unpaired) electrons. The van der Waals surface area contributed by atoms with Crippen molar-refractivity contribution in [3.05, 3.63) is 60.7 Å². The Bertz CT molecular complexity index is 778. The van der Waals surface area contributed by atoms with Gasteiger partial charge < -0.3 is 10.6 Å². The molecule has 0 aliphatic heterocycles. The summed E-state index contributed by atoms with van der Waals surface area (Å²) in [4.78, 5) is 35.3. The smallest absolute Gasteiger partial charge is 0.270 e. The van der Waals surface area contributed by atoms with Gasteiger partial charge in [-0.25, -0.2) is 0 Å². The molecule has 0 saturated carbocycles. The second-order valence-electron chi connectivity index (χ2n) is 4.93. The number of non-ortho nitro benzene ring substituents is 1. The maximum absolute atomic E-state index is 12.1. The predicted molar refractivity (Wildman–Crippen MR) is 93.9 cm³/mol. The van der Waals surface area contributed by atoms with Crippen LogP contribution in [-0.2, 0) is 11.3 Å². The van der Waals surface area contributed by atoms with Gasteiger partial charge in [0, 0.05) is 22.6 Å². The van der Waals surface area contributed by atoms with E-state index in [0.29, 0.717) is 6.54 Å². The summed E-state index contributed by atoms with van der Waals surface area (Å²) >= 11 is 4.85. The molecule has 2 amide bonds. The first-order valence-electron chi connectivity index (χ1n) is 6.94. The fourth-order valence-electron chi connectivity index (χ4n) is 1.88. The number of carbonyl (C=O) groups excluding carboxylic acids is 2. The minimum atomic E-state index is -0.764. The van der Waals surface area contributed by atoms with Crippen molar-refractivity contribution in [2.45, 2.75) is 19.5 Å². The highest BCUT2D eigenvalue weighted by molar-refractivity contribution is 9.11. The summed E-state index contributed by atoms with van der Waals surface area (Å²) in [6, 6.07) is 8.36. The zero-order valence-electron chi connectivity index (χ0n) is 12.6. The maximum Gasteiger partial charge on any atom is 0.270 e. The number of nitrogens with zero attached hydrogens (tertiary/aromatic N) is 1. The van der Waals surface area contributed by atoms with Gasteiger partial charge >= 0.3 is 0 Å². The Balaban J connectivity index is 1.91. The third-order valence-electron chi connectivity index (χ3n) is 3.13. The lowest BCUT2D eigenvalue weighted by Crippen LogP contribution is -2.44. The number of nitrogens with one attached hydrogen (secondary N) is 2. The maximum atomic E-state index is 12.1. The number of hydrogen-bond acceptors (Lipinski definition) is 5. The second kappa shape index (κ2) is 8.02. The van der Waals surface area contributed by atoms with Gasteiger partial charge in [0.1, 0.15) is 6.04 Å². The van der Waals surface area contributed by atoms with Gasteiger partial charge in [0.2, 0.25) is 5.91 Å². The molecule has 1 unspecified atom stereocenters. The monoisotopic (exact) mass is 411 g/mol. The number of benzene rings is 1. The summed E-state index contributed by atoms with van der Waals surface area (Å²) in [6.45, 7) is 1.92. The molecule has 24 heavy (non-hydrogen) atoms. The first-order valence-corrected chi connectivity index (χ1v) is 8.55. The van der Waals surface area contributed by atoms with Crippen LogP contribution in [0.3, 0.4) is 0 Å². The molecule has 1 aromatic heterocycles. The van der Waals surface area contributed by atoms with Gasteiger partial charge in [-0.2, -0.15) is 0 Å². The molecule has 1 aromatic carbocycles. The molecule has 2 rings (SSSR count). The molecule has 0 saturated heterocycles. The SMILES string of the molecule is CC(NC(=O)c1cccc([N+](=O)[O-])c1)C(=O)NCc1ccc(Br)s1. The quantitative estimate of drug-likeness (QED) is 0.563. The molecule has 2 aromatic rings. The van der Waals surface area contributed by atoms with Crippen LogP contribution in [0.25, 0.3) is 0 Å². The molecule has 0 bridgehead atoms. The van der Waals surface area contributed by atoms with Gasteiger partial charge in [0.05, 0.1) is 15.3 Å². The Labute approximate surface area is 150 Å². The third kappa shape index (κ3) is 4.87. The minimum absolute atomic E-state index is 0.131. The van der Waals surface area contributed by atoms with Crippen molar-refractivity contribution in [2.75, 3.05) is 0 Å². The van der Waals surface area contributed by atoms with E-state index in [4.69, 9.17) is 0 Å². The highest BCUT2D eigenvalue weighted by Gasteiger charge is 2.18. The Morgan fingerprint density at radius 2 is 2.08 bits per heavy atom. The van der Waals surface area contributed by atoms with Gasteiger partial charge in [-0.3, -0.25) is 19.7 Å².